The minimum Gasteiger partial charge on any atom is -0.493 e. The fourth-order valence-electron chi connectivity index (χ4n) is 2.61. The van der Waals surface area contributed by atoms with Crippen molar-refractivity contribution in [2.24, 2.45) is 0 Å². The zero-order valence-corrected chi connectivity index (χ0v) is 13.9. The van der Waals surface area contributed by atoms with E-state index in [1.165, 1.54) is 23.3 Å². The molecule has 1 aromatic carbocycles. The van der Waals surface area contributed by atoms with Gasteiger partial charge in [-0.3, -0.25) is 0 Å². The van der Waals surface area contributed by atoms with Gasteiger partial charge in [-0.05, 0) is 48.4 Å². The zero-order valence-electron chi connectivity index (χ0n) is 12.4. The van der Waals surface area contributed by atoms with Gasteiger partial charge in [0.05, 0.1) is 6.61 Å². The van der Waals surface area contributed by atoms with Crippen LogP contribution >= 0.6 is 23.4 Å². The third kappa shape index (κ3) is 4.31. The third-order valence-electron chi connectivity index (χ3n) is 3.45. The van der Waals surface area contributed by atoms with Crippen LogP contribution in [0, 0.1) is 0 Å². The first kappa shape index (κ1) is 16.0. The van der Waals surface area contributed by atoms with Crippen molar-refractivity contribution < 1.29 is 4.74 Å². The Balaban J connectivity index is 2.06. The van der Waals surface area contributed by atoms with Gasteiger partial charge < -0.3 is 10.1 Å². The molecule has 1 unspecified atom stereocenters. The molecule has 1 N–H and O–H groups in total. The van der Waals surface area contributed by atoms with Crippen molar-refractivity contribution in [2.75, 3.05) is 24.7 Å². The first-order valence-corrected chi connectivity index (χ1v) is 9.03. The van der Waals surface area contributed by atoms with E-state index < -0.39 is 0 Å². The van der Waals surface area contributed by atoms with Crippen molar-refractivity contribution in [3.05, 3.63) is 28.3 Å². The van der Waals surface area contributed by atoms with E-state index >= 15 is 0 Å². The van der Waals surface area contributed by atoms with Gasteiger partial charge in [0, 0.05) is 23.2 Å². The fraction of sp³-hybridized carbons (Fsp3) is 0.625. The maximum atomic E-state index is 6.23. The summed E-state index contributed by atoms with van der Waals surface area (Å²) in [6.07, 6.45) is 3.21. The van der Waals surface area contributed by atoms with Crippen LogP contribution in [0.1, 0.15) is 31.4 Å². The first-order chi connectivity index (χ1) is 9.74. The molecule has 0 saturated heterocycles. The minimum absolute atomic E-state index is 0.489. The Morgan fingerprint density at radius 2 is 2.25 bits per heavy atom. The van der Waals surface area contributed by atoms with Crippen LogP contribution in [-0.4, -0.2) is 30.7 Å². The lowest BCUT2D eigenvalue weighted by Gasteiger charge is -2.19. The van der Waals surface area contributed by atoms with Crippen molar-refractivity contribution in [3.63, 3.8) is 0 Å². The van der Waals surface area contributed by atoms with E-state index in [-0.39, 0.29) is 0 Å². The maximum Gasteiger partial charge on any atom is 0.125 e. The molecule has 1 atom stereocenters. The number of likely N-dealkylation sites (N-methyl/N-ethyl adjacent to an activating group) is 1. The quantitative estimate of drug-likeness (QED) is 0.735. The Morgan fingerprint density at radius 3 is 3.00 bits per heavy atom. The van der Waals surface area contributed by atoms with Crippen molar-refractivity contribution >= 4 is 23.4 Å². The fourth-order valence-corrected chi connectivity index (χ4v) is 3.85. The number of hydrogen-bond acceptors (Lipinski definition) is 3. The van der Waals surface area contributed by atoms with Crippen LogP contribution in [0.2, 0.25) is 5.02 Å². The van der Waals surface area contributed by atoms with Gasteiger partial charge >= 0.3 is 0 Å². The molecule has 0 saturated carbocycles. The number of halogens is 1. The molecule has 20 heavy (non-hydrogen) atoms. The van der Waals surface area contributed by atoms with E-state index in [4.69, 9.17) is 16.3 Å². The topological polar surface area (TPSA) is 21.3 Å². The van der Waals surface area contributed by atoms with Gasteiger partial charge in [-0.25, -0.2) is 0 Å². The molecular formula is C16H24ClNOS. The number of fused-ring (bicyclic) bond motifs is 1. The molecule has 1 aliphatic rings. The number of thioether (sulfide) groups is 1. The van der Waals surface area contributed by atoms with Crippen LogP contribution in [0.3, 0.4) is 0 Å². The lowest BCUT2D eigenvalue weighted by Crippen LogP contribution is -2.33. The lowest BCUT2D eigenvalue weighted by atomic mass is 10.0. The zero-order chi connectivity index (χ0) is 14.4. The number of rotatable bonds is 8. The summed E-state index contributed by atoms with van der Waals surface area (Å²) in [4.78, 5) is 0. The van der Waals surface area contributed by atoms with Gasteiger partial charge in [0.2, 0.25) is 0 Å². The van der Waals surface area contributed by atoms with Gasteiger partial charge in [-0.2, -0.15) is 11.8 Å². The largest absolute Gasteiger partial charge is 0.493 e. The van der Waals surface area contributed by atoms with E-state index in [2.05, 4.69) is 25.2 Å². The molecule has 2 rings (SSSR count). The number of benzene rings is 1. The highest BCUT2D eigenvalue weighted by Gasteiger charge is 2.20. The third-order valence-corrected chi connectivity index (χ3v) is 5.01. The second-order valence-electron chi connectivity index (χ2n) is 5.19. The average Bonchev–Trinajstić information content (AvgIpc) is 2.87. The second-order valence-corrected chi connectivity index (χ2v) is 6.77. The van der Waals surface area contributed by atoms with Crippen molar-refractivity contribution in [1.29, 1.82) is 0 Å². The molecule has 112 valence electrons. The maximum absolute atomic E-state index is 6.23. The molecule has 0 aromatic heterocycles. The van der Waals surface area contributed by atoms with E-state index in [1.807, 2.05) is 17.8 Å². The summed E-state index contributed by atoms with van der Waals surface area (Å²) in [6, 6.07) is 4.60. The molecule has 0 fully saturated rings. The summed E-state index contributed by atoms with van der Waals surface area (Å²) < 4.78 is 5.80. The molecule has 0 radical (unpaired) electrons. The molecule has 0 amide bonds. The molecular weight excluding hydrogens is 290 g/mol. The molecule has 1 aromatic rings. The Labute approximate surface area is 131 Å². The Bertz CT molecular complexity index is 439. The number of ether oxygens (including phenoxy) is 1. The molecule has 1 aliphatic heterocycles. The SMILES string of the molecule is CCCSCC(Cc1cc(Cl)cc2c1OCC2)NCC. The standard InChI is InChI=1S/C16H24ClNOS/c1-3-7-20-11-15(18-4-2)10-13-9-14(17)8-12-5-6-19-16(12)13/h8-9,15,18H,3-7,10-11H2,1-2H3. The summed E-state index contributed by atoms with van der Waals surface area (Å²) in [5.74, 6) is 3.45. The second kappa shape index (κ2) is 8.16. The molecule has 0 spiro atoms. The number of hydrogen-bond donors (Lipinski definition) is 1. The Morgan fingerprint density at radius 1 is 1.40 bits per heavy atom. The van der Waals surface area contributed by atoms with E-state index in [0.29, 0.717) is 6.04 Å². The van der Waals surface area contributed by atoms with E-state index in [9.17, 15) is 0 Å². The van der Waals surface area contributed by atoms with Crippen molar-refractivity contribution in [1.82, 2.24) is 5.32 Å². The van der Waals surface area contributed by atoms with Crippen LogP contribution < -0.4 is 10.1 Å². The lowest BCUT2D eigenvalue weighted by molar-refractivity contribution is 0.352. The van der Waals surface area contributed by atoms with Crippen LogP contribution in [0.4, 0.5) is 0 Å². The van der Waals surface area contributed by atoms with Crippen molar-refractivity contribution in [2.45, 2.75) is 39.2 Å². The van der Waals surface area contributed by atoms with Crippen LogP contribution in [-0.2, 0) is 12.8 Å². The first-order valence-electron chi connectivity index (χ1n) is 7.49. The van der Waals surface area contributed by atoms with E-state index in [0.717, 1.165) is 42.5 Å². The van der Waals surface area contributed by atoms with Gasteiger partial charge in [-0.15, -0.1) is 0 Å². The highest BCUT2D eigenvalue weighted by atomic mass is 35.5. The summed E-state index contributed by atoms with van der Waals surface area (Å²) in [7, 11) is 0. The molecule has 1 heterocycles. The monoisotopic (exact) mass is 313 g/mol. The van der Waals surface area contributed by atoms with Gasteiger partial charge in [0.25, 0.3) is 0 Å². The average molecular weight is 314 g/mol. The number of nitrogens with one attached hydrogen (secondary N) is 1. The summed E-state index contributed by atoms with van der Waals surface area (Å²) >= 11 is 8.26. The van der Waals surface area contributed by atoms with Gasteiger partial charge in [0.15, 0.2) is 0 Å². The van der Waals surface area contributed by atoms with Gasteiger partial charge in [0.1, 0.15) is 5.75 Å². The van der Waals surface area contributed by atoms with Crippen LogP contribution in [0.5, 0.6) is 5.75 Å². The summed E-state index contributed by atoms with van der Waals surface area (Å²) in [5, 5.41) is 4.42. The summed E-state index contributed by atoms with van der Waals surface area (Å²) in [5.41, 5.74) is 2.53. The smallest absolute Gasteiger partial charge is 0.125 e. The summed E-state index contributed by atoms with van der Waals surface area (Å²) in [6.45, 7) is 6.18. The van der Waals surface area contributed by atoms with E-state index in [1.54, 1.807) is 0 Å². The van der Waals surface area contributed by atoms with Gasteiger partial charge in [-0.1, -0.05) is 25.4 Å². The highest BCUT2D eigenvalue weighted by molar-refractivity contribution is 7.99. The van der Waals surface area contributed by atoms with Crippen LogP contribution in [0.25, 0.3) is 0 Å². The molecule has 0 bridgehead atoms. The molecule has 2 nitrogen and oxygen atoms in total. The molecule has 0 aliphatic carbocycles. The predicted octanol–water partition coefficient (Wildman–Crippen LogP) is 3.94. The highest BCUT2D eigenvalue weighted by Crippen LogP contribution is 2.33. The molecule has 4 heteroatoms. The predicted molar refractivity (Wildman–Crippen MR) is 89.4 cm³/mol. The normalized spacial score (nSPS) is 14.9. The minimum atomic E-state index is 0.489. The van der Waals surface area contributed by atoms with Crippen molar-refractivity contribution in [3.8, 4) is 5.75 Å². The Hall–Kier alpha value is -0.380. The van der Waals surface area contributed by atoms with Crippen LogP contribution in [0.15, 0.2) is 12.1 Å². The Kier molecular flexibility index (Phi) is 6.53.